The number of hydrogen-bond donors (Lipinski definition) is 12. The minimum atomic E-state index is -0.690. The number of carbonyl (C=O) groups excluding carboxylic acids is 8. The maximum Gasteiger partial charge on any atom is 0.277 e. The number of nitrogens with one attached hydrogen (secondary N) is 8. The van der Waals surface area contributed by atoms with E-state index in [9.17, 15) is 38.4 Å². The average molecular weight is 1330 g/mol. The average Bonchev–Trinajstić information content (AvgIpc) is 1.83. The Kier molecular flexibility index (Phi) is 28.9. The van der Waals surface area contributed by atoms with Crippen molar-refractivity contribution < 1.29 is 63.9 Å². The van der Waals surface area contributed by atoms with E-state index in [1.54, 1.807) is 72.1 Å². The maximum absolute atomic E-state index is 12.6. The minimum Gasteiger partial charge on any atom is -0.481 e. The van der Waals surface area contributed by atoms with Crippen LogP contribution in [0.25, 0.3) is 10.1 Å². The Labute approximate surface area is 554 Å². The molecule has 0 unspecified atom stereocenters. The van der Waals surface area contributed by atoms with Gasteiger partial charge in [0.05, 0.1) is 59.4 Å². The molecule has 1 aliphatic heterocycles. The highest BCUT2D eigenvalue weighted by Crippen LogP contribution is 2.33. The monoisotopic (exact) mass is 1330 g/mol. The maximum atomic E-state index is 12.6. The zero-order chi connectivity index (χ0) is 70.3. The van der Waals surface area contributed by atoms with E-state index in [1.165, 1.54) is 66.5 Å². The SMILES string of the molecule is CC(C)[C@H](NC(=O)C1CCN(C)CC1)c1ncc(C(=O)NO)cn1.CC(C)[C@H](NC(=O)c1cccn1C)c1ncc(C(=O)NO)cn1.CN(C)CC(=O)N[C@H](c1ccc(C(=O)NO)cc1)C(C)(C)C.COc1ncc(C(=O)NO)cc1[C@H](C)NC(=O)c1cc2ccccc2s1. The molecule has 30 heteroatoms. The van der Waals surface area contributed by atoms with Crippen LogP contribution < -0.4 is 47.9 Å². The molecule has 5 aromatic heterocycles. The van der Waals surface area contributed by atoms with Crippen molar-refractivity contribution in [1.29, 1.82) is 0 Å². The number of nitrogens with zero attached hydrogens (tertiary/aromatic N) is 8. The Morgan fingerprint density at radius 2 is 1.12 bits per heavy atom. The minimum absolute atomic E-state index is 0.0156. The number of hydrogen-bond acceptors (Lipinski definition) is 21. The smallest absolute Gasteiger partial charge is 0.277 e. The van der Waals surface area contributed by atoms with Gasteiger partial charge in [0.15, 0.2) is 11.6 Å². The molecule has 6 heterocycles. The molecule has 0 saturated carbocycles. The third-order valence-electron chi connectivity index (χ3n) is 14.9. The number of likely N-dealkylation sites (N-methyl/N-ethyl adjacent to an activating group) is 1. The Hall–Kier alpha value is -9.69. The summed E-state index contributed by atoms with van der Waals surface area (Å²) < 4.78 is 7.97. The lowest BCUT2D eigenvalue weighted by atomic mass is 9.82. The highest BCUT2D eigenvalue weighted by Gasteiger charge is 2.31. The normalized spacial score (nSPS) is 13.6. The molecule has 0 radical (unpaired) electrons. The fourth-order valence-corrected chi connectivity index (χ4v) is 10.6. The molecule has 2 aromatic carbocycles. The molecule has 4 atom stereocenters. The molecule has 95 heavy (non-hydrogen) atoms. The number of aromatic nitrogens is 6. The van der Waals surface area contributed by atoms with Crippen LogP contribution in [0.5, 0.6) is 5.88 Å². The highest BCUT2D eigenvalue weighted by molar-refractivity contribution is 7.20. The first-order valence-corrected chi connectivity index (χ1v) is 31.1. The van der Waals surface area contributed by atoms with Crippen molar-refractivity contribution in [2.75, 3.05) is 47.9 Å². The van der Waals surface area contributed by atoms with Crippen LogP contribution >= 0.6 is 11.3 Å². The molecule has 12 N–H and O–H groups in total. The first kappa shape index (κ1) is 76.0. The summed E-state index contributed by atoms with van der Waals surface area (Å²) in [7, 11) is 8.99. The van der Waals surface area contributed by atoms with Gasteiger partial charge >= 0.3 is 0 Å². The number of thiophene rings is 1. The number of piperidine rings is 1. The van der Waals surface area contributed by atoms with Gasteiger partial charge in [-0.25, -0.2) is 46.8 Å². The summed E-state index contributed by atoms with van der Waals surface area (Å²) in [6.07, 6.45) is 10.1. The first-order chi connectivity index (χ1) is 45.0. The number of hydroxylamine groups is 4. The van der Waals surface area contributed by atoms with E-state index in [0.29, 0.717) is 45.8 Å². The summed E-state index contributed by atoms with van der Waals surface area (Å²) in [5, 5.41) is 47.5. The third kappa shape index (κ3) is 22.2. The van der Waals surface area contributed by atoms with Crippen LogP contribution in [0, 0.1) is 23.2 Å². The van der Waals surface area contributed by atoms with Gasteiger partial charge in [0.25, 0.3) is 35.4 Å². The van der Waals surface area contributed by atoms with E-state index in [0.717, 1.165) is 41.6 Å². The second-order valence-electron chi connectivity index (χ2n) is 24.3. The van der Waals surface area contributed by atoms with Crippen LogP contribution in [0.4, 0.5) is 0 Å². The second-order valence-corrected chi connectivity index (χ2v) is 25.4. The number of amides is 8. The molecular formula is C65H86N16O13S. The number of carbonyl (C=O) groups is 8. The standard InChI is InChI=1S/C18H17N3O4S.C16H25N5O3.C16H25N3O3.C15H19N5O3/c1-10(13-7-12(16(22)21-24)9-19-18(13)25-2)20-17(23)15-8-11-5-3-4-6-14(11)26-15;1-10(2)13(14-17-8-12(9-18-14)16(23)20-24)19-15(22)11-4-6-21(3)7-5-11;1-16(2,3)14(17-13(20)10-19(4)5)11-6-8-12(9-7-11)15(21)18-22;1-9(2)12(18-15(22)11-5-4-6-20(11)3)13-16-7-10(8-17-13)14(21)19-23/h3-10,24H,1-2H3,(H,20,23)(H,21,22);8-11,13,24H,4-7H2,1-3H3,(H,19,22)(H,20,23);6-9,14,22H,10H2,1-5H3,(H,17,20)(H,18,21);4-9,12,23H,1-3H3,(H,18,22)(H,19,21)/t10-;13-;14-;12-/m0010/s1. The van der Waals surface area contributed by atoms with E-state index < -0.39 is 35.7 Å². The molecule has 1 fully saturated rings. The Bertz CT molecular complexity index is 3670. The third-order valence-corrected chi connectivity index (χ3v) is 16.1. The number of rotatable bonds is 20. The summed E-state index contributed by atoms with van der Waals surface area (Å²) >= 11 is 1.41. The molecule has 29 nitrogen and oxygen atoms in total. The molecule has 0 bridgehead atoms. The van der Waals surface area contributed by atoms with Gasteiger partial charge < -0.3 is 40.4 Å². The zero-order valence-corrected chi connectivity index (χ0v) is 56.2. The Morgan fingerprint density at radius 1 is 0.611 bits per heavy atom. The number of benzene rings is 2. The van der Waals surface area contributed by atoms with Gasteiger partial charge in [0.1, 0.15) is 5.69 Å². The van der Waals surface area contributed by atoms with Gasteiger partial charge in [-0.2, -0.15) is 0 Å². The summed E-state index contributed by atoms with van der Waals surface area (Å²) in [4.78, 5) is 120. The zero-order valence-electron chi connectivity index (χ0n) is 55.4. The van der Waals surface area contributed by atoms with Gasteiger partial charge in [0.2, 0.25) is 17.7 Å². The second kappa shape index (κ2) is 36.1. The van der Waals surface area contributed by atoms with Crippen LogP contribution in [0.15, 0.2) is 110 Å². The number of aryl methyl sites for hydroxylation is 1. The van der Waals surface area contributed by atoms with Gasteiger partial charge in [-0.3, -0.25) is 59.2 Å². The fraction of sp³-hybridized carbons (Fsp3) is 0.400. The number of pyridine rings is 1. The van der Waals surface area contributed by atoms with Crippen molar-refractivity contribution in [3.8, 4) is 5.88 Å². The van der Waals surface area contributed by atoms with Gasteiger partial charge in [-0.15, -0.1) is 11.3 Å². The summed E-state index contributed by atoms with van der Waals surface area (Å²) in [6, 6.07) is 20.1. The molecule has 510 valence electrons. The van der Waals surface area contributed by atoms with Crippen LogP contribution in [0.1, 0.15) is 177 Å². The Balaban J connectivity index is 0.000000230. The molecule has 8 amide bonds. The van der Waals surface area contributed by atoms with Gasteiger partial charge in [0, 0.05) is 66.0 Å². The predicted molar refractivity (Wildman–Crippen MR) is 351 cm³/mol. The number of ether oxygens (including phenoxy) is 1. The van der Waals surface area contributed by atoms with E-state index in [4.69, 9.17) is 25.6 Å². The summed E-state index contributed by atoms with van der Waals surface area (Å²) in [5.74, 6) is -1.75. The number of fused-ring (bicyclic) bond motifs is 1. The number of methoxy groups -OCH3 is 1. The molecule has 1 aliphatic rings. The number of likely N-dealkylation sites (tertiary alicyclic amines) is 1. The fourth-order valence-electron chi connectivity index (χ4n) is 9.64. The summed E-state index contributed by atoms with van der Waals surface area (Å²) in [5.41, 5.74) is 8.82. The van der Waals surface area contributed by atoms with E-state index in [1.807, 2.05) is 97.8 Å². The highest BCUT2D eigenvalue weighted by atomic mass is 32.1. The molecule has 8 rings (SSSR count). The van der Waals surface area contributed by atoms with Crippen LogP contribution in [-0.4, -0.2) is 155 Å². The molecule has 0 spiro atoms. The molecule has 1 saturated heterocycles. The van der Waals surface area contributed by atoms with Crippen molar-refractivity contribution in [3.63, 3.8) is 0 Å². The topological polar surface area (TPSA) is 399 Å². The van der Waals surface area contributed by atoms with Crippen LogP contribution in [0.2, 0.25) is 0 Å². The lowest BCUT2D eigenvalue weighted by Crippen LogP contribution is -2.41. The van der Waals surface area contributed by atoms with Crippen molar-refractivity contribution in [2.24, 2.45) is 30.2 Å². The predicted octanol–water partition coefficient (Wildman–Crippen LogP) is 6.30. The van der Waals surface area contributed by atoms with Gasteiger partial charge in [-0.1, -0.05) is 78.8 Å². The van der Waals surface area contributed by atoms with Gasteiger partial charge in [-0.05, 0) is 125 Å². The Morgan fingerprint density at radius 3 is 1.59 bits per heavy atom. The van der Waals surface area contributed by atoms with E-state index in [-0.39, 0.29) is 75.6 Å². The lowest BCUT2D eigenvalue weighted by molar-refractivity contribution is -0.127. The van der Waals surface area contributed by atoms with E-state index in [2.05, 4.69) is 58.1 Å². The van der Waals surface area contributed by atoms with E-state index >= 15 is 0 Å². The quantitative estimate of drug-likeness (QED) is 0.0294. The molecule has 0 aliphatic carbocycles. The molecule has 7 aromatic rings. The lowest BCUT2D eigenvalue weighted by Gasteiger charge is -2.32. The van der Waals surface area contributed by atoms with Crippen molar-refractivity contribution >= 4 is 68.7 Å². The molecular weight excluding hydrogens is 1240 g/mol. The van der Waals surface area contributed by atoms with Crippen molar-refractivity contribution in [3.05, 3.63) is 166 Å². The first-order valence-electron chi connectivity index (χ1n) is 30.2. The van der Waals surface area contributed by atoms with Crippen molar-refractivity contribution in [1.82, 2.24) is 82.5 Å². The van der Waals surface area contributed by atoms with Crippen LogP contribution in [-0.2, 0) is 16.6 Å². The van der Waals surface area contributed by atoms with Crippen LogP contribution in [0.3, 0.4) is 0 Å². The largest absolute Gasteiger partial charge is 0.481 e. The van der Waals surface area contributed by atoms with Crippen molar-refractivity contribution in [2.45, 2.75) is 92.4 Å². The summed E-state index contributed by atoms with van der Waals surface area (Å²) in [6.45, 7) is 17.9.